The van der Waals surface area contributed by atoms with Crippen LogP contribution >= 0.6 is 46.2 Å². The number of carboxylic acids is 1. The van der Waals surface area contributed by atoms with Gasteiger partial charge in [-0.15, -0.1) is 33.3 Å². The van der Waals surface area contributed by atoms with E-state index in [2.05, 4.69) is 25.7 Å². The quantitative estimate of drug-likeness (QED) is 0.110. The van der Waals surface area contributed by atoms with Crippen LogP contribution in [0.3, 0.4) is 0 Å². The maximum atomic E-state index is 12.7. The number of oxime groups is 1. The van der Waals surface area contributed by atoms with Crippen LogP contribution in [-0.4, -0.2) is 80.2 Å². The van der Waals surface area contributed by atoms with Crippen molar-refractivity contribution in [3.05, 3.63) is 16.6 Å². The van der Waals surface area contributed by atoms with Gasteiger partial charge in [0.15, 0.2) is 15.2 Å². The van der Waals surface area contributed by atoms with Crippen LogP contribution in [0.15, 0.2) is 20.4 Å². The van der Waals surface area contributed by atoms with Crippen molar-refractivity contribution in [3.63, 3.8) is 0 Å². The molecule has 2 aromatic rings. The number of rotatable bonds is 8. The number of carbonyl (C=O) groups is 3. The molecule has 4 rings (SSSR count). The van der Waals surface area contributed by atoms with E-state index < -0.39 is 28.7 Å². The summed E-state index contributed by atoms with van der Waals surface area (Å²) in [6.07, 6.45) is 0. The number of thioether (sulfide) groups is 2. The van der Waals surface area contributed by atoms with Crippen molar-refractivity contribution >= 4 is 74.8 Å². The Morgan fingerprint density at radius 3 is 2.88 bits per heavy atom. The Labute approximate surface area is 226 Å². The molecular weight excluding hydrogens is 521 g/mol. The molecule has 0 spiro atoms. The molecule has 170 valence electrons. The number of nitrogens with two attached hydrogens (primary N) is 1. The van der Waals surface area contributed by atoms with E-state index in [1.807, 2.05) is 0 Å². The normalized spacial score (nSPS) is 24.3. The van der Waals surface area contributed by atoms with E-state index in [-0.39, 0.29) is 70.1 Å². The number of fused-ring (bicyclic) bond motifs is 1. The zero-order valence-corrected chi connectivity index (χ0v) is 22.7. The number of carbonyl (C=O) groups excluding carboxylic acids is 3. The third-order valence-corrected chi connectivity index (χ3v) is 9.25. The summed E-state index contributed by atoms with van der Waals surface area (Å²) >= 11 is 5.00. The number of aliphatic carboxylic acids is 1. The average molecular weight is 538 g/mol. The topological polar surface area (TPSA) is 176 Å². The molecule has 2 fully saturated rings. The molecule has 0 saturated carbocycles. The standard InChI is InChI=1S/C16H17N7O5S4.Na/c1-28-22-8(7-2-29-14(17)19-7)10(24)20-9-11(25)23-3-16(13(26)27,4-30-12(9)23)5-31-15-21-18-6-32-15;/h2,6,9,12H,3-5H2,1H3,(H2,17,19)(H,20,24)(H,26,27);/q;+1/p-1/t9?,12-,16?;/m1./s1. The van der Waals surface area contributed by atoms with Gasteiger partial charge in [-0.2, -0.15) is 0 Å². The fraction of sp³-hybridized carbons (Fsp3) is 0.438. The van der Waals surface area contributed by atoms with Crippen LogP contribution in [0.4, 0.5) is 5.13 Å². The van der Waals surface area contributed by atoms with Crippen LogP contribution in [-0.2, 0) is 19.2 Å². The Hall–Kier alpha value is -1.43. The van der Waals surface area contributed by atoms with E-state index in [0.29, 0.717) is 4.34 Å². The SMILES string of the molecule is CON=C(C(=O)NC1C(=O)N2CC(CSc3nncs3)(C(=O)[O-])CS[C@H]12)c1csc(N)n1.[Na+]. The molecule has 0 aromatic carbocycles. The number of anilines is 1. The van der Waals surface area contributed by atoms with Gasteiger partial charge in [0.25, 0.3) is 5.91 Å². The summed E-state index contributed by atoms with van der Waals surface area (Å²) in [5.41, 5.74) is 6.08. The second-order valence-corrected chi connectivity index (χ2v) is 10.9. The first-order chi connectivity index (χ1) is 15.3. The number of β-lactam (4-membered cyclic amide) rings is 1. The molecule has 3 N–H and O–H groups in total. The van der Waals surface area contributed by atoms with Crippen molar-refractivity contribution in [3.8, 4) is 0 Å². The summed E-state index contributed by atoms with van der Waals surface area (Å²) in [4.78, 5) is 47.7. The molecular formula is C16H16N7NaO5S4. The van der Waals surface area contributed by atoms with Gasteiger partial charge >= 0.3 is 29.6 Å². The van der Waals surface area contributed by atoms with Crippen molar-refractivity contribution in [2.75, 3.05) is 30.9 Å². The van der Waals surface area contributed by atoms with E-state index in [1.165, 1.54) is 46.9 Å². The fourth-order valence-corrected chi connectivity index (χ4v) is 7.11. The second-order valence-electron chi connectivity index (χ2n) is 6.87. The number of hydrogen-bond donors (Lipinski definition) is 2. The largest absolute Gasteiger partial charge is 1.00 e. The summed E-state index contributed by atoms with van der Waals surface area (Å²) < 4.78 is 0.644. The third kappa shape index (κ3) is 5.31. The summed E-state index contributed by atoms with van der Waals surface area (Å²) in [7, 11) is 1.29. The Bertz CT molecular complexity index is 1070. The number of amides is 2. The Morgan fingerprint density at radius 2 is 2.27 bits per heavy atom. The number of aromatic nitrogens is 3. The number of nitrogens with zero attached hydrogens (tertiary/aromatic N) is 5. The van der Waals surface area contributed by atoms with Crippen molar-refractivity contribution in [1.29, 1.82) is 0 Å². The molecule has 33 heavy (non-hydrogen) atoms. The Kier molecular flexibility index (Phi) is 8.63. The van der Waals surface area contributed by atoms with Crippen LogP contribution < -0.4 is 45.7 Å². The molecule has 2 saturated heterocycles. The molecule has 17 heteroatoms. The molecule has 2 aliphatic rings. The summed E-state index contributed by atoms with van der Waals surface area (Å²) in [5, 5.41) is 27.4. The molecule has 0 bridgehead atoms. The zero-order chi connectivity index (χ0) is 22.9. The molecule has 2 unspecified atom stereocenters. The van der Waals surface area contributed by atoms with E-state index >= 15 is 0 Å². The van der Waals surface area contributed by atoms with Crippen LogP contribution in [0.1, 0.15) is 5.69 Å². The minimum atomic E-state index is -1.23. The maximum Gasteiger partial charge on any atom is 1.00 e. The minimum absolute atomic E-state index is 0. The van der Waals surface area contributed by atoms with Gasteiger partial charge in [0, 0.05) is 28.8 Å². The minimum Gasteiger partial charge on any atom is -0.549 e. The predicted octanol–water partition coefficient (Wildman–Crippen LogP) is -4.14. The first-order valence-corrected chi connectivity index (χ1v) is 12.8. The molecule has 0 radical (unpaired) electrons. The molecule has 3 atom stereocenters. The number of hydrogen-bond acceptors (Lipinski definition) is 14. The van der Waals surface area contributed by atoms with Crippen LogP contribution in [0, 0.1) is 5.41 Å². The van der Waals surface area contributed by atoms with Crippen molar-refractivity contribution < 1.29 is 53.9 Å². The number of nitrogen functional groups attached to an aromatic ring is 1. The van der Waals surface area contributed by atoms with Crippen LogP contribution in [0.25, 0.3) is 0 Å². The van der Waals surface area contributed by atoms with Crippen molar-refractivity contribution in [1.82, 2.24) is 25.4 Å². The summed E-state index contributed by atoms with van der Waals surface area (Å²) in [5.74, 6) is -1.82. The molecule has 0 aliphatic carbocycles. The Balaban J connectivity index is 0.00000306. The van der Waals surface area contributed by atoms with Gasteiger partial charge < -0.3 is 30.7 Å². The third-order valence-electron chi connectivity index (χ3n) is 4.84. The van der Waals surface area contributed by atoms with Gasteiger partial charge in [-0.05, 0) is 0 Å². The van der Waals surface area contributed by atoms with E-state index in [9.17, 15) is 19.5 Å². The van der Waals surface area contributed by atoms with Gasteiger partial charge in [-0.25, -0.2) is 4.98 Å². The number of carboxylic acid groups (broad SMARTS) is 1. The Morgan fingerprint density at radius 1 is 1.48 bits per heavy atom. The predicted molar refractivity (Wildman–Crippen MR) is 118 cm³/mol. The number of nitrogens with one attached hydrogen (secondary N) is 1. The zero-order valence-electron chi connectivity index (χ0n) is 17.4. The van der Waals surface area contributed by atoms with Gasteiger partial charge in [-0.3, -0.25) is 9.59 Å². The van der Waals surface area contributed by atoms with Crippen LogP contribution in [0.5, 0.6) is 0 Å². The number of thiazole rings is 1. The molecule has 2 amide bonds. The second kappa shape index (κ2) is 10.9. The summed E-state index contributed by atoms with van der Waals surface area (Å²) in [6.45, 7) is -0.00829. The first-order valence-electron chi connectivity index (χ1n) is 9.00. The van der Waals surface area contributed by atoms with Gasteiger partial charge in [0.1, 0.15) is 29.7 Å². The molecule has 2 aromatic heterocycles. The van der Waals surface area contributed by atoms with Gasteiger partial charge in [0.05, 0.1) is 5.97 Å². The smallest absolute Gasteiger partial charge is 0.549 e. The fourth-order valence-electron chi connectivity index (χ4n) is 3.22. The van der Waals surface area contributed by atoms with Crippen molar-refractivity contribution in [2.24, 2.45) is 10.6 Å². The van der Waals surface area contributed by atoms with Crippen LogP contribution in [0.2, 0.25) is 0 Å². The van der Waals surface area contributed by atoms with E-state index in [4.69, 9.17) is 10.6 Å². The van der Waals surface area contributed by atoms with Gasteiger partial charge in [0.2, 0.25) is 5.91 Å². The van der Waals surface area contributed by atoms with Gasteiger partial charge in [-0.1, -0.05) is 28.3 Å². The van der Waals surface area contributed by atoms with Crippen molar-refractivity contribution in [2.45, 2.75) is 15.8 Å². The maximum absolute atomic E-state index is 12.7. The average Bonchev–Trinajstić information content (AvgIpc) is 3.45. The molecule has 12 nitrogen and oxygen atoms in total. The van der Waals surface area contributed by atoms with E-state index in [0.717, 1.165) is 11.3 Å². The monoisotopic (exact) mass is 537 g/mol. The molecule has 2 aliphatic heterocycles. The van der Waals surface area contributed by atoms with E-state index in [1.54, 1.807) is 10.9 Å². The molecule has 4 heterocycles. The summed E-state index contributed by atoms with van der Waals surface area (Å²) in [6, 6.07) is -0.818. The first kappa shape index (κ1) is 26.2.